The van der Waals surface area contributed by atoms with Crippen molar-refractivity contribution >= 4 is 23.3 Å². The van der Waals surface area contributed by atoms with Crippen LogP contribution in [-0.4, -0.2) is 19.0 Å². The first-order valence-corrected chi connectivity index (χ1v) is 9.45. The summed E-state index contributed by atoms with van der Waals surface area (Å²) in [5, 5.41) is 15.0. The monoisotopic (exact) mass is 398 g/mol. The molecule has 0 saturated heterocycles. The van der Waals surface area contributed by atoms with Crippen molar-refractivity contribution < 1.29 is 9.59 Å². The van der Waals surface area contributed by atoms with Gasteiger partial charge in [-0.3, -0.25) is 9.69 Å². The van der Waals surface area contributed by atoms with Gasteiger partial charge in [0, 0.05) is 24.8 Å². The van der Waals surface area contributed by atoms with Crippen LogP contribution in [0.3, 0.4) is 0 Å². The van der Waals surface area contributed by atoms with Crippen molar-refractivity contribution in [2.24, 2.45) is 0 Å². The molecule has 150 valence electrons. The highest BCUT2D eigenvalue weighted by molar-refractivity contribution is 6.02. The van der Waals surface area contributed by atoms with E-state index in [0.29, 0.717) is 22.5 Å². The molecule has 3 amide bonds. The fraction of sp³-hybridized carbons (Fsp3) is 0.125. The number of urea groups is 1. The van der Waals surface area contributed by atoms with Crippen molar-refractivity contribution in [3.63, 3.8) is 0 Å². The number of rotatable bonds is 5. The molecular weight excluding hydrogens is 376 g/mol. The summed E-state index contributed by atoms with van der Waals surface area (Å²) in [6.45, 7) is 2.15. The van der Waals surface area contributed by atoms with Crippen LogP contribution in [0.25, 0.3) is 0 Å². The second-order valence-electron chi connectivity index (χ2n) is 6.86. The number of carbonyl (C=O) groups excluding carboxylic acids is 2. The van der Waals surface area contributed by atoms with Crippen LogP contribution in [0.15, 0.2) is 72.8 Å². The van der Waals surface area contributed by atoms with Crippen LogP contribution < -0.4 is 15.5 Å². The molecule has 0 aliphatic heterocycles. The average molecular weight is 398 g/mol. The second kappa shape index (κ2) is 9.39. The zero-order chi connectivity index (χ0) is 21.5. The molecule has 0 spiro atoms. The summed E-state index contributed by atoms with van der Waals surface area (Å²) in [6, 6.07) is 23.2. The van der Waals surface area contributed by atoms with Gasteiger partial charge in [0.1, 0.15) is 0 Å². The molecule has 2 N–H and O–H groups in total. The zero-order valence-corrected chi connectivity index (χ0v) is 16.8. The fourth-order valence-corrected chi connectivity index (χ4v) is 3.00. The van der Waals surface area contributed by atoms with E-state index in [0.717, 1.165) is 11.1 Å². The highest BCUT2D eigenvalue weighted by Crippen LogP contribution is 2.23. The van der Waals surface area contributed by atoms with Crippen LogP contribution in [0, 0.1) is 18.3 Å². The van der Waals surface area contributed by atoms with Crippen LogP contribution in [0.1, 0.15) is 27.0 Å². The number of aryl methyl sites for hydroxylation is 1. The normalized spacial score (nSPS) is 10.0. The maximum absolute atomic E-state index is 12.7. The molecule has 0 saturated carbocycles. The van der Waals surface area contributed by atoms with Gasteiger partial charge in [-0.05, 0) is 48.9 Å². The number of amides is 3. The molecule has 0 aliphatic rings. The Morgan fingerprint density at radius 2 is 1.77 bits per heavy atom. The molecule has 6 nitrogen and oxygen atoms in total. The summed E-state index contributed by atoms with van der Waals surface area (Å²) in [5.74, 6) is -0.203. The largest absolute Gasteiger partial charge is 0.348 e. The Morgan fingerprint density at radius 1 is 1.00 bits per heavy atom. The van der Waals surface area contributed by atoms with E-state index in [1.807, 2.05) is 43.3 Å². The SMILES string of the molecule is Cc1cccc(C(=O)NCc2ccc(C#N)cc2N(C)C(=O)Nc2ccccc2)c1. The van der Waals surface area contributed by atoms with Gasteiger partial charge < -0.3 is 10.6 Å². The standard InChI is InChI=1S/C24H22N4O2/c1-17-7-6-8-19(13-17)23(29)26-16-20-12-11-18(15-25)14-22(20)28(2)24(30)27-21-9-4-3-5-10-21/h3-14H,16H2,1-2H3,(H,26,29)(H,27,30). The predicted molar refractivity (Wildman–Crippen MR) is 117 cm³/mol. The first-order valence-electron chi connectivity index (χ1n) is 9.45. The lowest BCUT2D eigenvalue weighted by atomic mass is 10.1. The van der Waals surface area contributed by atoms with Crippen molar-refractivity contribution in [1.82, 2.24) is 5.32 Å². The van der Waals surface area contributed by atoms with E-state index < -0.39 is 0 Å². The smallest absolute Gasteiger partial charge is 0.326 e. The Morgan fingerprint density at radius 3 is 2.47 bits per heavy atom. The highest BCUT2D eigenvalue weighted by atomic mass is 16.2. The Balaban J connectivity index is 1.79. The van der Waals surface area contributed by atoms with Gasteiger partial charge in [0.25, 0.3) is 5.91 Å². The third-order valence-corrected chi connectivity index (χ3v) is 4.63. The Hall–Kier alpha value is -4.11. The molecule has 0 aliphatic carbocycles. The Kier molecular flexibility index (Phi) is 6.46. The van der Waals surface area contributed by atoms with Gasteiger partial charge in [0.05, 0.1) is 17.3 Å². The fourth-order valence-electron chi connectivity index (χ4n) is 3.00. The third-order valence-electron chi connectivity index (χ3n) is 4.63. The number of nitrogens with zero attached hydrogens (tertiary/aromatic N) is 2. The Labute approximate surface area is 175 Å². The summed E-state index contributed by atoms with van der Waals surface area (Å²) in [4.78, 5) is 26.6. The van der Waals surface area contributed by atoms with Crippen molar-refractivity contribution in [3.8, 4) is 6.07 Å². The number of benzene rings is 3. The number of nitrogens with one attached hydrogen (secondary N) is 2. The van der Waals surface area contributed by atoms with E-state index in [4.69, 9.17) is 0 Å². The first kappa shape index (κ1) is 20.6. The van der Waals surface area contributed by atoms with Gasteiger partial charge in [-0.1, -0.05) is 42.0 Å². The van der Waals surface area contributed by atoms with Crippen LogP contribution in [0.5, 0.6) is 0 Å². The van der Waals surface area contributed by atoms with E-state index in [9.17, 15) is 14.9 Å². The van der Waals surface area contributed by atoms with Crippen LogP contribution in [0.4, 0.5) is 16.2 Å². The molecule has 0 radical (unpaired) electrons. The van der Waals surface area contributed by atoms with Gasteiger partial charge in [-0.25, -0.2) is 4.79 Å². The quantitative estimate of drug-likeness (QED) is 0.665. The van der Waals surface area contributed by atoms with Crippen molar-refractivity contribution in [2.45, 2.75) is 13.5 Å². The first-order chi connectivity index (χ1) is 14.5. The maximum Gasteiger partial charge on any atom is 0.326 e. The summed E-state index contributed by atoms with van der Waals surface area (Å²) in [7, 11) is 1.63. The zero-order valence-electron chi connectivity index (χ0n) is 16.8. The second-order valence-corrected chi connectivity index (χ2v) is 6.86. The number of anilines is 2. The molecule has 3 aromatic rings. The molecule has 3 aromatic carbocycles. The lowest BCUT2D eigenvalue weighted by Crippen LogP contribution is -2.33. The van der Waals surface area contributed by atoms with Crippen molar-refractivity contribution in [3.05, 3.63) is 95.1 Å². The molecular formula is C24H22N4O2. The third kappa shape index (κ3) is 5.03. The summed E-state index contributed by atoms with van der Waals surface area (Å²) in [6.07, 6.45) is 0. The maximum atomic E-state index is 12.7. The predicted octanol–water partition coefficient (Wildman–Crippen LogP) is 4.47. The molecule has 0 aromatic heterocycles. The Bertz CT molecular complexity index is 1100. The van der Waals surface area contributed by atoms with Gasteiger partial charge >= 0.3 is 6.03 Å². The molecule has 3 rings (SSSR count). The van der Waals surface area contributed by atoms with Gasteiger partial charge in [-0.15, -0.1) is 0 Å². The summed E-state index contributed by atoms with van der Waals surface area (Å²) >= 11 is 0. The van der Waals surface area contributed by atoms with Gasteiger partial charge in [0.15, 0.2) is 0 Å². The average Bonchev–Trinajstić information content (AvgIpc) is 2.77. The number of hydrogen-bond acceptors (Lipinski definition) is 3. The van der Waals surface area contributed by atoms with E-state index in [1.54, 1.807) is 43.4 Å². The van der Waals surface area contributed by atoms with Crippen LogP contribution in [-0.2, 0) is 6.54 Å². The van der Waals surface area contributed by atoms with E-state index in [1.165, 1.54) is 4.90 Å². The molecule has 0 bridgehead atoms. The minimum absolute atomic E-state index is 0.203. The molecule has 0 unspecified atom stereocenters. The van der Waals surface area contributed by atoms with E-state index in [2.05, 4.69) is 16.7 Å². The highest BCUT2D eigenvalue weighted by Gasteiger charge is 2.16. The lowest BCUT2D eigenvalue weighted by Gasteiger charge is -2.22. The number of carbonyl (C=O) groups is 2. The topological polar surface area (TPSA) is 85.2 Å². The minimum atomic E-state index is -0.345. The molecule has 6 heteroatoms. The van der Waals surface area contributed by atoms with Crippen molar-refractivity contribution in [2.75, 3.05) is 17.3 Å². The molecule has 30 heavy (non-hydrogen) atoms. The van der Waals surface area contributed by atoms with Crippen molar-refractivity contribution in [1.29, 1.82) is 5.26 Å². The van der Waals surface area contributed by atoms with Crippen LogP contribution >= 0.6 is 0 Å². The summed E-state index contributed by atoms with van der Waals surface area (Å²) in [5.41, 5.74) is 3.94. The van der Waals surface area contributed by atoms with E-state index >= 15 is 0 Å². The van der Waals surface area contributed by atoms with E-state index in [-0.39, 0.29) is 18.5 Å². The number of para-hydroxylation sites is 1. The minimum Gasteiger partial charge on any atom is -0.348 e. The summed E-state index contributed by atoms with van der Waals surface area (Å²) < 4.78 is 0. The molecule has 0 fully saturated rings. The van der Waals surface area contributed by atoms with Gasteiger partial charge in [0.2, 0.25) is 0 Å². The van der Waals surface area contributed by atoms with Gasteiger partial charge in [-0.2, -0.15) is 5.26 Å². The van der Waals surface area contributed by atoms with Crippen LogP contribution in [0.2, 0.25) is 0 Å². The molecule has 0 heterocycles. The molecule has 0 atom stereocenters. The lowest BCUT2D eigenvalue weighted by molar-refractivity contribution is 0.0951. The number of nitriles is 1. The number of hydrogen-bond donors (Lipinski definition) is 2.